The van der Waals surface area contributed by atoms with E-state index >= 15 is 0 Å². The predicted octanol–water partition coefficient (Wildman–Crippen LogP) is 3.52. The summed E-state index contributed by atoms with van der Waals surface area (Å²) in [7, 11) is 0. The average Bonchev–Trinajstić information content (AvgIpc) is 3.43. The molecule has 0 aliphatic rings. The van der Waals surface area contributed by atoms with Gasteiger partial charge in [0.1, 0.15) is 0 Å². The van der Waals surface area contributed by atoms with Gasteiger partial charge in [-0.2, -0.15) is 0 Å². The van der Waals surface area contributed by atoms with Crippen LogP contribution < -0.4 is 16.2 Å². The molecule has 3 heterocycles. The van der Waals surface area contributed by atoms with Crippen LogP contribution in [0.2, 0.25) is 0 Å². The highest BCUT2D eigenvalue weighted by molar-refractivity contribution is 7.99. The summed E-state index contributed by atoms with van der Waals surface area (Å²) < 4.78 is 1.54. The Morgan fingerprint density at radius 2 is 1.59 bits per heavy atom. The summed E-state index contributed by atoms with van der Waals surface area (Å²) in [4.78, 5) is 55.5. The van der Waals surface area contributed by atoms with E-state index in [9.17, 15) is 14.4 Å². The molecule has 0 saturated heterocycles. The third-order valence-corrected chi connectivity index (χ3v) is 7.86. The lowest BCUT2D eigenvalue weighted by molar-refractivity contribution is -0.120. The first-order valence-corrected chi connectivity index (χ1v) is 14.8. The van der Waals surface area contributed by atoms with Gasteiger partial charge in [0.15, 0.2) is 21.5 Å². The maximum absolute atomic E-state index is 13.2. The SMILES string of the molecule is O=C(Cc1csc(NC(=O)CSc2nc3nccnc3c(=O)n2CCc2ccccc2)n1)NCCc1ccccc1. The van der Waals surface area contributed by atoms with Crippen molar-refractivity contribution in [1.82, 2.24) is 29.8 Å². The number of fused-ring (bicyclic) bond motifs is 1. The number of nitrogens with zero attached hydrogens (tertiary/aromatic N) is 5. The number of amides is 2. The number of aryl methyl sites for hydroxylation is 1. The molecule has 0 aliphatic heterocycles. The standard InChI is InChI=1S/C29H27N7O3S2/c37-23(30-13-11-20-7-3-1-4-8-20)17-22-18-40-28(33-22)34-24(38)19-41-29-35-26-25(31-14-15-32-26)27(39)36(29)16-12-21-9-5-2-6-10-21/h1-10,14-15,18H,11-13,16-17,19H2,(H,30,37)(H,33,34,38). The summed E-state index contributed by atoms with van der Waals surface area (Å²) in [5, 5.41) is 8.22. The summed E-state index contributed by atoms with van der Waals surface area (Å²) in [6.45, 7) is 0.925. The quantitative estimate of drug-likeness (QED) is 0.168. The van der Waals surface area contributed by atoms with Gasteiger partial charge in [-0.3, -0.25) is 19.0 Å². The Morgan fingerprint density at radius 1 is 0.878 bits per heavy atom. The summed E-state index contributed by atoms with van der Waals surface area (Å²) in [5.41, 5.74) is 2.95. The molecule has 0 radical (unpaired) electrons. The van der Waals surface area contributed by atoms with E-state index in [0.717, 1.165) is 29.3 Å². The zero-order chi connectivity index (χ0) is 28.4. The Morgan fingerprint density at radius 3 is 2.34 bits per heavy atom. The fourth-order valence-electron chi connectivity index (χ4n) is 4.07. The minimum atomic E-state index is -0.300. The van der Waals surface area contributed by atoms with Gasteiger partial charge >= 0.3 is 0 Å². The molecule has 0 aliphatic carbocycles. The van der Waals surface area contributed by atoms with E-state index in [0.29, 0.717) is 35.5 Å². The summed E-state index contributed by atoms with van der Waals surface area (Å²) in [6, 6.07) is 19.8. The molecule has 12 heteroatoms. The number of anilines is 1. The first-order valence-electron chi connectivity index (χ1n) is 13.0. The molecule has 0 fully saturated rings. The number of hydrogen-bond donors (Lipinski definition) is 2. The van der Waals surface area contributed by atoms with E-state index < -0.39 is 0 Å². The molecule has 0 bridgehead atoms. The van der Waals surface area contributed by atoms with Gasteiger partial charge in [-0.25, -0.2) is 19.9 Å². The lowest BCUT2D eigenvalue weighted by Gasteiger charge is -2.12. The van der Waals surface area contributed by atoms with Crippen molar-refractivity contribution in [2.45, 2.75) is 31.0 Å². The van der Waals surface area contributed by atoms with Crippen molar-refractivity contribution in [3.8, 4) is 0 Å². The highest BCUT2D eigenvalue weighted by Crippen LogP contribution is 2.20. The van der Waals surface area contributed by atoms with Crippen molar-refractivity contribution in [1.29, 1.82) is 0 Å². The number of thioether (sulfide) groups is 1. The van der Waals surface area contributed by atoms with E-state index in [1.807, 2.05) is 60.7 Å². The second-order valence-corrected chi connectivity index (χ2v) is 10.9. The maximum atomic E-state index is 13.2. The zero-order valence-corrected chi connectivity index (χ0v) is 23.7. The molecule has 5 aromatic rings. The van der Waals surface area contributed by atoms with Crippen LogP contribution >= 0.6 is 23.1 Å². The fraction of sp³-hybridized carbons (Fsp3) is 0.207. The molecule has 2 aromatic carbocycles. The molecule has 208 valence electrons. The molecule has 2 amide bonds. The number of benzene rings is 2. The minimum absolute atomic E-state index is 0.0123. The predicted molar refractivity (Wildman–Crippen MR) is 160 cm³/mol. The van der Waals surface area contributed by atoms with E-state index in [4.69, 9.17) is 0 Å². The number of carbonyl (C=O) groups excluding carboxylic acids is 2. The van der Waals surface area contributed by atoms with Gasteiger partial charge in [-0.05, 0) is 24.0 Å². The van der Waals surface area contributed by atoms with Crippen LogP contribution in [-0.4, -0.2) is 48.6 Å². The molecular weight excluding hydrogens is 558 g/mol. The van der Waals surface area contributed by atoms with Crippen LogP contribution in [0.3, 0.4) is 0 Å². The van der Waals surface area contributed by atoms with Gasteiger partial charge in [-0.1, -0.05) is 72.4 Å². The lowest BCUT2D eigenvalue weighted by atomic mass is 10.1. The Labute approximate surface area is 244 Å². The Hall–Kier alpha value is -4.42. The van der Waals surface area contributed by atoms with Crippen LogP contribution in [0.1, 0.15) is 16.8 Å². The number of nitrogens with one attached hydrogen (secondary N) is 2. The molecule has 0 saturated carbocycles. The van der Waals surface area contributed by atoms with Gasteiger partial charge in [0, 0.05) is 30.9 Å². The number of rotatable bonds is 12. The fourth-order valence-corrected chi connectivity index (χ4v) is 5.61. The molecule has 41 heavy (non-hydrogen) atoms. The number of aromatic nitrogens is 5. The molecular formula is C29H27N7O3S2. The van der Waals surface area contributed by atoms with E-state index in [2.05, 4.69) is 30.6 Å². The van der Waals surface area contributed by atoms with Gasteiger partial charge in [0.2, 0.25) is 11.8 Å². The Bertz CT molecular complexity index is 1690. The Kier molecular flexibility index (Phi) is 9.45. The van der Waals surface area contributed by atoms with Crippen LogP contribution in [-0.2, 0) is 35.4 Å². The van der Waals surface area contributed by atoms with Crippen LogP contribution in [0.15, 0.2) is 88.4 Å². The second kappa shape index (κ2) is 13.8. The zero-order valence-electron chi connectivity index (χ0n) is 22.0. The molecule has 0 atom stereocenters. The Balaban J connectivity index is 1.17. The summed E-state index contributed by atoms with van der Waals surface area (Å²) in [6.07, 6.45) is 4.44. The van der Waals surface area contributed by atoms with Crippen molar-refractivity contribution in [3.63, 3.8) is 0 Å². The van der Waals surface area contributed by atoms with Crippen molar-refractivity contribution >= 4 is 51.2 Å². The third kappa shape index (κ3) is 7.83. The largest absolute Gasteiger partial charge is 0.355 e. The number of hydrogen-bond acceptors (Lipinski definition) is 9. The van der Waals surface area contributed by atoms with Crippen molar-refractivity contribution < 1.29 is 9.59 Å². The van der Waals surface area contributed by atoms with Crippen molar-refractivity contribution in [2.75, 3.05) is 17.6 Å². The van der Waals surface area contributed by atoms with Crippen LogP contribution in [0, 0.1) is 0 Å². The van der Waals surface area contributed by atoms with Crippen LogP contribution in [0.25, 0.3) is 11.2 Å². The normalized spacial score (nSPS) is 10.9. The number of carbonyl (C=O) groups is 2. The minimum Gasteiger partial charge on any atom is -0.355 e. The molecule has 2 N–H and O–H groups in total. The van der Waals surface area contributed by atoms with Gasteiger partial charge in [-0.15, -0.1) is 11.3 Å². The van der Waals surface area contributed by atoms with Gasteiger partial charge in [0.25, 0.3) is 5.56 Å². The smallest absolute Gasteiger partial charge is 0.282 e. The molecule has 10 nitrogen and oxygen atoms in total. The first-order chi connectivity index (χ1) is 20.0. The molecule has 0 unspecified atom stereocenters. The summed E-state index contributed by atoms with van der Waals surface area (Å²) >= 11 is 2.40. The first kappa shape index (κ1) is 28.1. The van der Waals surface area contributed by atoms with E-state index in [1.54, 1.807) is 9.95 Å². The average molecular weight is 586 g/mol. The van der Waals surface area contributed by atoms with Gasteiger partial charge in [0.05, 0.1) is 17.9 Å². The van der Waals surface area contributed by atoms with E-state index in [-0.39, 0.29) is 40.7 Å². The maximum Gasteiger partial charge on any atom is 0.282 e. The van der Waals surface area contributed by atoms with Crippen LogP contribution in [0.5, 0.6) is 0 Å². The molecule has 5 rings (SSSR count). The molecule has 0 spiro atoms. The monoisotopic (exact) mass is 585 g/mol. The second-order valence-electron chi connectivity index (χ2n) is 9.06. The highest BCUT2D eigenvalue weighted by atomic mass is 32.2. The van der Waals surface area contributed by atoms with E-state index in [1.165, 1.54) is 23.7 Å². The van der Waals surface area contributed by atoms with Crippen molar-refractivity contribution in [3.05, 3.63) is 106 Å². The third-order valence-electron chi connectivity index (χ3n) is 6.08. The summed E-state index contributed by atoms with van der Waals surface area (Å²) in [5.74, 6) is -0.414. The van der Waals surface area contributed by atoms with Gasteiger partial charge < -0.3 is 10.6 Å². The highest BCUT2D eigenvalue weighted by Gasteiger charge is 2.16. The topological polar surface area (TPSA) is 132 Å². The van der Waals surface area contributed by atoms with Crippen molar-refractivity contribution in [2.24, 2.45) is 0 Å². The molecule has 3 aromatic heterocycles. The number of thiazole rings is 1. The van der Waals surface area contributed by atoms with Crippen LogP contribution in [0.4, 0.5) is 5.13 Å². The lowest BCUT2D eigenvalue weighted by Crippen LogP contribution is -2.27.